The smallest absolute Gasteiger partial charge is 0.0541 e. The molecular formula is C74H46N2. The Balaban J connectivity index is 0.892. The zero-order valence-corrected chi connectivity index (χ0v) is 41.5. The van der Waals surface area contributed by atoms with Gasteiger partial charge in [0.25, 0.3) is 0 Å². The average Bonchev–Trinajstić information content (AvgIpc) is 4.04. The van der Waals surface area contributed by atoms with Crippen molar-refractivity contribution in [3.63, 3.8) is 0 Å². The van der Waals surface area contributed by atoms with Gasteiger partial charge in [-0.15, -0.1) is 0 Å². The maximum absolute atomic E-state index is 2.47. The predicted octanol–water partition coefficient (Wildman–Crippen LogP) is 20.3. The maximum atomic E-state index is 2.47. The van der Waals surface area contributed by atoms with Gasteiger partial charge in [0.05, 0.1) is 22.1 Å². The molecule has 2 heterocycles. The van der Waals surface area contributed by atoms with Gasteiger partial charge < -0.3 is 9.13 Å². The van der Waals surface area contributed by atoms with Crippen LogP contribution in [-0.4, -0.2) is 9.13 Å². The summed E-state index contributed by atoms with van der Waals surface area (Å²) >= 11 is 0. The molecule has 0 radical (unpaired) electrons. The van der Waals surface area contributed by atoms with Crippen LogP contribution in [0, 0.1) is 0 Å². The van der Waals surface area contributed by atoms with E-state index in [0.29, 0.717) is 0 Å². The van der Waals surface area contributed by atoms with Crippen molar-refractivity contribution in [3.8, 4) is 55.9 Å². The van der Waals surface area contributed by atoms with Crippen LogP contribution in [0.4, 0.5) is 0 Å². The summed E-state index contributed by atoms with van der Waals surface area (Å²) in [6.45, 7) is 0. The van der Waals surface area contributed by atoms with E-state index in [1.165, 1.54) is 142 Å². The standard InChI is InChI=1S/C74H46N2/c1-5-21-59-48(13-1)17-9-25-63(59)52-31-37-71-67(43-52)68-44-53(64-26-10-18-49-14-2-6-22-60(49)64)32-38-72(68)75(71)57-35-29-47-30-36-58(42-56(47)41-57)76-73-39-33-54(65-27-11-19-50-15-3-7-23-61(50)65)45-69(73)70-46-55(34-40-74(70)76)66-28-12-20-51-16-4-8-24-62(51)66/h1-46H. The molecule has 16 rings (SSSR count). The van der Waals surface area contributed by atoms with Crippen molar-refractivity contribution in [2.45, 2.75) is 0 Å². The molecule has 76 heavy (non-hydrogen) atoms. The van der Waals surface area contributed by atoms with Crippen molar-refractivity contribution in [1.82, 2.24) is 9.13 Å². The molecule has 2 aromatic heterocycles. The number of benzene rings is 14. The Morgan fingerprint density at radius 1 is 0.171 bits per heavy atom. The van der Waals surface area contributed by atoms with Gasteiger partial charge in [-0.25, -0.2) is 0 Å². The molecule has 16 aromatic rings. The summed E-state index contributed by atoms with van der Waals surface area (Å²) in [7, 11) is 0. The lowest BCUT2D eigenvalue weighted by Gasteiger charge is -2.13. The van der Waals surface area contributed by atoms with Crippen LogP contribution in [0.1, 0.15) is 0 Å². The molecule has 0 saturated heterocycles. The molecular weight excluding hydrogens is 917 g/mol. The Bertz CT molecular complexity index is 4460. The SMILES string of the molecule is c1ccc2c(-c3ccc4c(c3)c3cc(-c5cccc6ccccc56)ccc3n4-c3ccc4ccc(-n5c6ccc(-c7cccc8ccccc78)cc6c6cc(-c7cccc8ccccc78)ccc65)cc4c3)cccc2c1. The highest BCUT2D eigenvalue weighted by Gasteiger charge is 2.20. The molecule has 0 fully saturated rings. The van der Waals surface area contributed by atoms with Crippen LogP contribution in [-0.2, 0) is 0 Å². The third-order valence-corrected chi connectivity index (χ3v) is 16.3. The van der Waals surface area contributed by atoms with Crippen LogP contribution in [0.5, 0.6) is 0 Å². The van der Waals surface area contributed by atoms with Crippen molar-refractivity contribution >= 4 is 97.5 Å². The summed E-state index contributed by atoms with van der Waals surface area (Å²) in [5.41, 5.74) is 16.8. The molecule has 0 unspecified atom stereocenters. The minimum atomic E-state index is 1.13. The number of hydrogen-bond acceptors (Lipinski definition) is 0. The van der Waals surface area contributed by atoms with Gasteiger partial charge in [-0.1, -0.05) is 206 Å². The number of rotatable bonds is 6. The van der Waals surface area contributed by atoms with Crippen molar-refractivity contribution in [1.29, 1.82) is 0 Å². The highest BCUT2D eigenvalue weighted by atomic mass is 15.0. The maximum Gasteiger partial charge on any atom is 0.0541 e. The number of aromatic nitrogens is 2. The Kier molecular flexibility index (Phi) is 9.37. The van der Waals surface area contributed by atoms with Crippen LogP contribution in [0.2, 0.25) is 0 Å². The summed E-state index contributed by atoms with van der Waals surface area (Å²) in [6, 6.07) is 104. The minimum absolute atomic E-state index is 1.13. The average molecular weight is 963 g/mol. The molecule has 0 N–H and O–H groups in total. The number of hydrogen-bond donors (Lipinski definition) is 0. The second-order valence-corrected chi connectivity index (χ2v) is 20.4. The molecule has 0 aliphatic heterocycles. The molecule has 0 aliphatic rings. The Morgan fingerprint density at radius 2 is 0.447 bits per heavy atom. The largest absolute Gasteiger partial charge is 0.309 e. The quantitative estimate of drug-likeness (QED) is 0.157. The summed E-state index contributed by atoms with van der Waals surface area (Å²) < 4.78 is 4.95. The summed E-state index contributed by atoms with van der Waals surface area (Å²) in [5.74, 6) is 0. The zero-order chi connectivity index (χ0) is 49.8. The van der Waals surface area contributed by atoms with Crippen LogP contribution >= 0.6 is 0 Å². The van der Waals surface area contributed by atoms with Gasteiger partial charge in [0.15, 0.2) is 0 Å². The molecule has 0 atom stereocenters. The van der Waals surface area contributed by atoms with E-state index in [-0.39, 0.29) is 0 Å². The zero-order valence-electron chi connectivity index (χ0n) is 41.5. The second-order valence-electron chi connectivity index (χ2n) is 20.4. The van der Waals surface area contributed by atoms with Crippen LogP contribution in [0.3, 0.4) is 0 Å². The third kappa shape index (κ3) is 6.61. The topological polar surface area (TPSA) is 9.86 Å². The van der Waals surface area contributed by atoms with E-state index >= 15 is 0 Å². The van der Waals surface area contributed by atoms with Crippen molar-refractivity contribution in [2.75, 3.05) is 0 Å². The first-order valence-electron chi connectivity index (χ1n) is 26.3. The molecule has 2 heteroatoms. The number of fused-ring (bicyclic) bond motifs is 11. The third-order valence-electron chi connectivity index (χ3n) is 16.3. The lowest BCUT2D eigenvalue weighted by Crippen LogP contribution is -1.96. The summed E-state index contributed by atoms with van der Waals surface area (Å²) in [6.07, 6.45) is 0. The Hall–Kier alpha value is -10.0. The predicted molar refractivity (Wildman–Crippen MR) is 324 cm³/mol. The molecule has 0 aliphatic carbocycles. The molecule has 14 aromatic carbocycles. The van der Waals surface area contributed by atoms with Gasteiger partial charge in [0.1, 0.15) is 0 Å². The Labute approximate surface area is 439 Å². The highest BCUT2D eigenvalue weighted by Crippen LogP contribution is 2.43. The lowest BCUT2D eigenvalue weighted by molar-refractivity contribution is 1.18. The molecule has 0 amide bonds. The fourth-order valence-corrected chi connectivity index (χ4v) is 12.7. The number of nitrogens with zero attached hydrogens (tertiary/aromatic N) is 2. The van der Waals surface area contributed by atoms with E-state index in [4.69, 9.17) is 0 Å². The van der Waals surface area contributed by atoms with Crippen LogP contribution in [0.15, 0.2) is 279 Å². The van der Waals surface area contributed by atoms with E-state index in [1.807, 2.05) is 0 Å². The van der Waals surface area contributed by atoms with Gasteiger partial charge in [-0.2, -0.15) is 0 Å². The monoisotopic (exact) mass is 962 g/mol. The van der Waals surface area contributed by atoms with Gasteiger partial charge in [0, 0.05) is 32.9 Å². The molecule has 0 bridgehead atoms. The van der Waals surface area contributed by atoms with E-state index in [1.54, 1.807) is 0 Å². The summed E-state index contributed by atoms with van der Waals surface area (Å²) in [4.78, 5) is 0. The molecule has 352 valence electrons. The van der Waals surface area contributed by atoms with Crippen LogP contribution < -0.4 is 0 Å². The fraction of sp³-hybridized carbons (Fsp3) is 0. The van der Waals surface area contributed by atoms with Gasteiger partial charge in [-0.05, 0) is 171 Å². The first-order chi connectivity index (χ1) is 37.7. The van der Waals surface area contributed by atoms with Crippen molar-refractivity contribution in [2.24, 2.45) is 0 Å². The van der Waals surface area contributed by atoms with Gasteiger partial charge in [0.2, 0.25) is 0 Å². The molecule has 0 spiro atoms. The van der Waals surface area contributed by atoms with Gasteiger partial charge >= 0.3 is 0 Å². The van der Waals surface area contributed by atoms with Gasteiger partial charge in [-0.3, -0.25) is 0 Å². The van der Waals surface area contributed by atoms with E-state index in [0.717, 1.165) is 11.4 Å². The van der Waals surface area contributed by atoms with E-state index in [2.05, 4.69) is 288 Å². The lowest BCUT2D eigenvalue weighted by atomic mass is 9.95. The molecule has 0 saturated carbocycles. The van der Waals surface area contributed by atoms with Crippen molar-refractivity contribution in [3.05, 3.63) is 279 Å². The van der Waals surface area contributed by atoms with Crippen LogP contribution in [0.25, 0.3) is 153 Å². The fourth-order valence-electron chi connectivity index (χ4n) is 12.7. The minimum Gasteiger partial charge on any atom is -0.309 e. The normalized spacial score (nSPS) is 11.9. The highest BCUT2D eigenvalue weighted by molar-refractivity contribution is 6.15. The second kappa shape index (κ2) is 16.8. The first kappa shape index (κ1) is 42.5. The van der Waals surface area contributed by atoms with Crippen molar-refractivity contribution < 1.29 is 0 Å². The summed E-state index contributed by atoms with van der Waals surface area (Å²) in [5, 5.41) is 17.3. The van der Waals surface area contributed by atoms with E-state index in [9.17, 15) is 0 Å². The first-order valence-corrected chi connectivity index (χ1v) is 26.3. The Morgan fingerprint density at radius 3 is 0.750 bits per heavy atom. The van der Waals surface area contributed by atoms with E-state index < -0.39 is 0 Å². The molecule has 2 nitrogen and oxygen atoms in total.